The van der Waals surface area contributed by atoms with Gasteiger partial charge in [0.1, 0.15) is 5.76 Å². The number of hydrogen-bond donors (Lipinski definition) is 0. The molecule has 1 aromatic heterocycles. The molecule has 126 valence electrons. The number of furan rings is 1. The van der Waals surface area contributed by atoms with E-state index in [0.717, 1.165) is 11.1 Å². The van der Waals surface area contributed by atoms with Crippen LogP contribution in [0.15, 0.2) is 22.3 Å². The maximum absolute atomic E-state index is 13.0. The number of carbonyl (C=O) groups is 2. The van der Waals surface area contributed by atoms with Gasteiger partial charge in [-0.3, -0.25) is 9.59 Å². The lowest BCUT2D eigenvalue weighted by Gasteiger charge is -2.26. The van der Waals surface area contributed by atoms with E-state index in [1.165, 1.54) is 6.92 Å². The van der Waals surface area contributed by atoms with Gasteiger partial charge in [0.2, 0.25) is 5.78 Å². The molecule has 0 spiro atoms. The first-order valence-corrected chi connectivity index (χ1v) is 7.82. The second-order valence-corrected chi connectivity index (χ2v) is 6.29. The number of methoxy groups -OCH3 is 1. The summed E-state index contributed by atoms with van der Waals surface area (Å²) in [5, 5.41) is 0. The molecular weight excluding hydrogens is 296 g/mol. The van der Waals surface area contributed by atoms with Crippen molar-refractivity contribution >= 4 is 11.8 Å². The van der Waals surface area contributed by atoms with Crippen molar-refractivity contribution < 1.29 is 23.5 Å². The third-order valence-electron chi connectivity index (χ3n) is 4.18. The molecule has 0 radical (unpaired) electrons. The van der Waals surface area contributed by atoms with Crippen molar-refractivity contribution in [3.05, 3.63) is 34.8 Å². The van der Waals surface area contributed by atoms with Crippen LogP contribution in [0.25, 0.3) is 0 Å². The Bertz CT molecular complexity index is 625. The third kappa shape index (κ3) is 3.91. The third-order valence-corrected chi connectivity index (χ3v) is 4.18. The van der Waals surface area contributed by atoms with Crippen LogP contribution in [-0.4, -0.2) is 31.1 Å². The molecule has 0 saturated heterocycles. The molecule has 1 aromatic rings. The predicted molar refractivity (Wildman–Crippen MR) is 85.4 cm³/mol. The molecule has 0 unspecified atom stereocenters. The molecule has 5 nitrogen and oxygen atoms in total. The minimum Gasteiger partial charge on any atom is -0.468 e. The van der Waals surface area contributed by atoms with Crippen LogP contribution < -0.4 is 0 Å². The molecule has 0 N–H and O–H groups in total. The fourth-order valence-electron chi connectivity index (χ4n) is 3.06. The van der Waals surface area contributed by atoms with Gasteiger partial charge in [0.05, 0.1) is 17.9 Å². The van der Waals surface area contributed by atoms with Gasteiger partial charge in [0.15, 0.2) is 6.10 Å². The lowest BCUT2D eigenvalue weighted by atomic mass is 9.87. The minimum atomic E-state index is -0.827. The lowest BCUT2D eigenvalue weighted by Crippen LogP contribution is -2.35. The first-order chi connectivity index (χ1) is 10.8. The molecular formula is C18H24O5. The number of ether oxygens (including phenoxy) is 2. The molecule has 1 aliphatic rings. The van der Waals surface area contributed by atoms with Crippen LogP contribution in [0.5, 0.6) is 0 Å². The number of ketones is 1. The zero-order valence-corrected chi connectivity index (χ0v) is 14.3. The second-order valence-electron chi connectivity index (χ2n) is 6.29. The Kier molecular flexibility index (Phi) is 5.42. The van der Waals surface area contributed by atoms with Crippen LogP contribution in [0.1, 0.15) is 48.9 Å². The molecule has 1 heterocycles. The lowest BCUT2D eigenvalue weighted by molar-refractivity contribution is -0.146. The summed E-state index contributed by atoms with van der Waals surface area (Å²) in [4.78, 5) is 24.4. The van der Waals surface area contributed by atoms with Gasteiger partial charge in [-0.05, 0) is 25.8 Å². The van der Waals surface area contributed by atoms with Crippen molar-refractivity contribution in [3.8, 4) is 0 Å². The highest BCUT2D eigenvalue weighted by atomic mass is 16.5. The molecule has 0 aliphatic heterocycles. The van der Waals surface area contributed by atoms with Crippen molar-refractivity contribution in [2.24, 2.45) is 5.92 Å². The van der Waals surface area contributed by atoms with Gasteiger partial charge in [-0.2, -0.15) is 0 Å². The molecule has 5 heteroatoms. The second kappa shape index (κ2) is 7.13. The monoisotopic (exact) mass is 320 g/mol. The summed E-state index contributed by atoms with van der Waals surface area (Å²) in [5.74, 6) is -0.211. The fourth-order valence-corrected chi connectivity index (χ4v) is 3.06. The number of esters is 1. The van der Waals surface area contributed by atoms with E-state index in [9.17, 15) is 9.59 Å². The smallest absolute Gasteiger partial charge is 0.303 e. The van der Waals surface area contributed by atoms with E-state index in [1.54, 1.807) is 13.4 Å². The highest BCUT2D eigenvalue weighted by Crippen LogP contribution is 2.28. The molecule has 1 aliphatic carbocycles. The van der Waals surface area contributed by atoms with Gasteiger partial charge in [-0.15, -0.1) is 0 Å². The van der Waals surface area contributed by atoms with Crippen molar-refractivity contribution in [2.45, 2.75) is 52.7 Å². The normalized spacial score (nSPS) is 25.5. The summed E-state index contributed by atoms with van der Waals surface area (Å²) in [7, 11) is 1.64. The number of rotatable bonds is 2. The SMILES string of the molecule is CO[C@H]1C=C(C)Cc2occ(C)c2C(=O)[C@@H](OC(C)=O)[C@H](C)C1. The topological polar surface area (TPSA) is 65.7 Å². The maximum Gasteiger partial charge on any atom is 0.303 e. The molecule has 0 fully saturated rings. The van der Waals surface area contributed by atoms with E-state index < -0.39 is 12.1 Å². The van der Waals surface area contributed by atoms with Crippen LogP contribution in [0, 0.1) is 12.8 Å². The molecule has 0 saturated carbocycles. The van der Waals surface area contributed by atoms with Gasteiger partial charge >= 0.3 is 5.97 Å². The predicted octanol–water partition coefficient (Wildman–Crippen LogP) is 3.25. The van der Waals surface area contributed by atoms with Crippen molar-refractivity contribution in [1.29, 1.82) is 0 Å². The average Bonchev–Trinajstić information content (AvgIpc) is 2.82. The van der Waals surface area contributed by atoms with E-state index in [4.69, 9.17) is 13.9 Å². The van der Waals surface area contributed by atoms with E-state index in [1.807, 2.05) is 26.8 Å². The van der Waals surface area contributed by atoms with E-state index >= 15 is 0 Å². The van der Waals surface area contributed by atoms with Gasteiger partial charge in [0.25, 0.3) is 0 Å². The number of fused-ring (bicyclic) bond motifs is 1. The van der Waals surface area contributed by atoms with Crippen molar-refractivity contribution in [3.63, 3.8) is 0 Å². The standard InChI is InChI=1S/C18H24O5/c1-10-6-14(21-5)8-11(2)18(23-13(4)19)17(20)16-12(3)9-22-15(16)7-10/h6,9,11,14,18H,7-8H2,1-5H3/t11-,14+,18+/m1/s1. The molecule has 0 aromatic carbocycles. The Morgan fingerprint density at radius 1 is 1.35 bits per heavy atom. The first kappa shape index (κ1) is 17.5. The highest BCUT2D eigenvalue weighted by molar-refractivity contribution is 6.02. The number of aryl methyl sites for hydroxylation is 1. The Balaban J connectivity index is 2.50. The summed E-state index contributed by atoms with van der Waals surface area (Å²) >= 11 is 0. The van der Waals surface area contributed by atoms with E-state index in [0.29, 0.717) is 24.2 Å². The molecule has 0 amide bonds. The number of hydrogen-bond acceptors (Lipinski definition) is 5. The maximum atomic E-state index is 13.0. The van der Waals surface area contributed by atoms with Crippen LogP contribution in [-0.2, 0) is 20.7 Å². The van der Waals surface area contributed by atoms with Crippen LogP contribution in [0.2, 0.25) is 0 Å². The fraction of sp³-hybridized carbons (Fsp3) is 0.556. The van der Waals surface area contributed by atoms with Crippen LogP contribution in [0.3, 0.4) is 0 Å². The van der Waals surface area contributed by atoms with Gasteiger partial charge in [-0.25, -0.2) is 0 Å². The first-order valence-electron chi connectivity index (χ1n) is 7.82. The number of Topliss-reactive ketones (excluding diaryl/α,β-unsaturated/α-hetero) is 1. The number of carbonyl (C=O) groups excluding carboxylic acids is 2. The van der Waals surface area contributed by atoms with E-state index in [-0.39, 0.29) is 17.8 Å². The molecule has 2 rings (SSSR count). The summed E-state index contributed by atoms with van der Waals surface area (Å²) in [6, 6.07) is 0. The average molecular weight is 320 g/mol. The van der Waals surface area contributed by atoms with Crippen molar-refractivity contribution in [1.82, 2.24) is 0 Å². The van der Waals surface area contributed by atoms with Gasteiger partial charge < -0.3 is 13.9 Å². The summed E-state index contributed by atoms with van der Waals surface area (Å²) in [5.41, 5.74) is 2.39. The Morgan fingerprint density at radius 3 is 2.65 bits per heavy atom. The van der Waals surface area contributed by atoms with Crippen LogP contribution >= 0.6 is 0 Å². The highest BCUT2D eigenvalue weighted by Gasteiger charge is 2.34. The largest absolute Gasteiger partial charge is 0.468 e. The van der Waals surface area contributed by atoms with Gasteiger partial charge in [-0.1, -0.05) is 18.6 Å². The van der Waals surface area contributed by atoms with E-state index in [2.05, 4.69) is 0 Å². The van der Waals surface area contributed by atoms with Gasteiger partial charge in [0, 0.05) is 26.4 Å². The zero-order chi connectivity index (χ0) is 17.1. The molecule has 0 bridgehead atoms. The zero-order valence-electron chi connectivity index (χ0n) is 14.3. The summed E-state index contributed by atoms with van der Waals surface area (Å²) < 4.78 is 16.4. The number of allylic oxidation sites excluding steroid dienone is 1. The minimum absolute atomic E-state index is 0.131. The Hall–Kier alpha value is -1.88. The summed E-state index contributed by atoms with van der Waals surface area (Å²) in [6.07, 6.45) is 3.80. The quantitative estimate of drug-likeness (QED) is 0.618. The Labute approximate surface area is 136 Å². The molecule has 3 atom stereocenters. The summed E-state index contributed by atoms with van der Waals surface area (Å²) in [6.45, 7) is 7.05. The van der Waals surface area contributed by atoms with Crippen molar-refractivity contribution in [2.75, 3.05) is 7.11 Å². The molecule has 23 heavy (non-hydrogen) atoms. The van der Waals surface area contributed by atoms with Crippen LogP contribution in [0.4, 0.5) is 0 Å². The Morgan fingerprint density at radius 2 is 2.04 bits per heavy atom.